The summed E-state index contributed by atoms with van der Waals surface area (Å²) in [5, 5.41) is 6.71. The highest BCUT2D eigenvalue weighted by atomic mass is 35.5. The summed E-state index contributed by atoms with van der Waals surface area (Å²) in [5.74, 6) is 0. The zero-order valence-electron chi connectivity index (χ0n) is 13.3. The minimum atomic E-state index is -0.170. The highest BCUT2D eigenvalue weighted by molar-refractivity contribution is 7.98. The molecular formula is C14H20ClN7OS. The Balaban J connectivity index is 1.73. The van der Waals surface area contributed by atoms with Crippen LogP contribution in [0, 0.1) is 0 Å². The van der Waals surface area contributed by atoms with E-state index in [0.717, 1.165) is 35.5 Å². The first-order valence-corrected chi connectivity index (χ1v) is 9.41. The van der Waals surface area contributed by atoms with Crippen LogP contribution in [0.5, 0.6) is 0 Å². The minimum Gasteiger partial charge on any atom is -0.337 e. The normalized spacial score (nSPS) is 20.5. The molecule has 0 aliphatic heterocycles. The van der Waals surface area contributed by atoms with Crippen LogP contribution in [0.15, 0.2) is 11.4 Å². The first kappa shape index (κ1) is 17.2. The van der Waals surface area contributed by atoms with Crippen molar-refractivity contribution < 1.29 is 4.79 Å². The van der Waals surface area contributed by atoms with E-state index in [0.29, 0.717) is 13.1 Å². The number of nitrogens with zero attached hydrogens (tertiary/aromatic N) is 4. The highest BCUT2D eigenvalue weighted by Gasteiger charge is 2.28. The van der Waals surface area contributed by atoms with Crippen molar-refractivity contribution in [1.29, 1.82) is 0 Å². The molecule has 0 bridgehead atoms. The number of hydrogen-bond donors (Lipinski definition) is 3. The van der Waals surface area contributed by atoms with Crippen molar-refractivity contribution in [3.05, 3.63) is 11.6 Å². The molecule has 1 aliphatic carbocycles. The molecule has 1 aliphatic rings. The average Bonchev–Trinajstić information content (AvgIpc) is 3.18. The van der Waals surface area contributed by atoms with Crippen LogP contribution in [0.1, 0.15) is 25.3 Å². The summed E-state index contributed by atoms with van der Waals surface area (Å²) in [6, 6.07) is 0.190. The molecule has 0 saturated heterocycles. The number of thioether (sulfide) groups is 1. The van der Waals surface area contributed by atoms with Gasteiger partial charge in [0.1, 0.15) is 10.5 Å². The van der Waals surface area contributed by atoms with Crippen LogP contribution in [0.4, 0.5) is 4.79 Å². The van der Waals surface area contributed by atoms with Crippen LogP contribution < -0.4 is 16.4 Å². The summed E-state index contributed by atoms with van der Waals surface area (Å²) in [6.45, 7) is 0.904. The molecular weight excluding hydrogens is 350 g/mol. The number of rotatable bonds is 5. The molecule has 0 spiro atoms. The number of aromatic nitrogens is 4. The Bertz CT molecular complexity index is 737. The lowest BCUT2D eigenvalue weighted by Crippen LogP contribution is -2.42. The number of urea groups is 1. The van der Waals surface area contributed by atoms with Crippen LogP contribution in [-0.2, 0) is 0 Å². The van der Waals surface area contributed by atoms with E-state index in [-0.39, 0.29) is 23.4 Å². The van der Waals surface area contributed by atoms with E-state index in [9.17, 15) is 4.79 Å². The summed E-state index contributed by atoms with van der Waals surface area (Å²) in [4.78, 5) is 24.8. The van der Waals surface area contributed by atoms with E-state index in [1.54, 1.807) is 6.33 Å². The van der Waals surface area contributed by atoms with Crippen molar-refractivity contribution in [2.24, 2.45) is 5.73 Å². The number of halogens is 1. The molecule has 10 heteroatoms. The van der Waals surface area contributed by atoms with Gasteiger partial charge in [-0.05, 0) is 37.1 Å². The lowest BCUT2D eigenvalue weighted by Gasteiger charge is -2.15. The summed E-state index contributed by atoms with van der Waals surface area (Å²) < 4.78 is 2.04. The fourth-order valence-electron chi connectivity index (χ4n) is 3.04. The van der Waals surface area contributed by atoms with Crippen LogP contribution >= 0.6 is 23.4 Å². The smallest absolute Gasteiger partial charge is 0.315 e. The standard InChI is InChI=1S/C14H20ClN7OS/c1-24-12-10-11(20-13(15)21-12)22(7-18-10)9-3-2-8(6-9)19-14(23)17-5-4-16/h7-9H,2-6,16H2,1H3,(H2,17,19,23)/t8-,9+/m0/s1. The second kappa shape index (κ2) is 7.54. The molecule has 8 nitrogen and oxygen atoms in total. The van der Waals surface area contributed by atoms with Gasteiger partial charge in [0.05, 0.1) is 6.33 Å². The monoisotopic (exact) mass is 369 g/mol. The summed E-state index contributed by atoms with van der Waals surface area (Å²) in [7, 11) is 0. The summed E-state index contributed by atoms with van der Waals surface area (Å²) in [6.07, 6.45) is 6.42. The molecule has 2 aromatic rings. The number of fused-ring (bicyclic) bond motifs is 1. The fraction of sp³-hybridized carbons (Fsp3) is 0.571. The third-order valence-electron chi connectivity index (χ3n) is 4.12. The van der Waals surface area contributed by atoms with Crippen LogP contribution in [-0.4, -0.2) is 50.9 Å². The third-order valence-corrected chi connectivity index (χ3v) is 4.96. The Morgan fingerprint density at radius 1 is 1.50 bits per heavy atom. The molecule has 0 radical (unpaired) electrons. The average molecular weight is 370 g/mol. The molecule has 1 saturated carbocycles. The zero-order chi connectivity index (χ0) is 17.1. The number of carbonyl (C=O) groups excluding carboxylic acids is 1. The first-order valence-electron chi connectivity index (χ1n) is 7.81. The van der Waals surface area contributed by atoms with Gasteiger partial charge in [0.25, 0.3) is 0 Å². The molecule has 2 atom stereocenters. The predicted molar refractivity (Wildman–Crippen MR) is 94.4 cm³/mol. The summed E-state index contributed by atoms with van der Waals surface area (Å²) >= 11 is 7.53. The highest BCUT2D eigenvalue weighted by Crippen LogP contribution is 2.33. The lowest BCUT2D eigenvalue weighted by atomic mass is 10.2. The molecule has 0 unspecified atom stereocenters. The number of carbonyl (C=O) groups is 1. The molecule has 1 fully saturated rings. The van der Waals surface area contributed by atoms with Gasteiger partial charge in [-0.3, -0.25) is 0 Å². The predicted octanol–water partition coefficient (Wildman–Crippen LogP) is 1.55. The number of nitrogens with two attached hydrogens (primary N) is 1. The van der Waals surface area contributed by atoms with E-state index >= 15 is 0 Å². The van der Waals surface area contributed by atoms with Gasteiger partial charge in [-0.2, -0.15) is 4.98 Å². The zero-order valence-corrected chi connectivity index (χ0v) is 14.9. The number of amides is 2. The molecule has 130 valence electrons. The van der Waals surface area contributed by atoms with E-state index in [2.05, 4.69) is 25.6 Å². The molecule has 0 aromatic carbocycles. The van der Waals surface area contributed by atoms with E-state index in [1.807, 2.05) is 10.8 Å². The Labute approximate surface area is 148 Å². The van der Waals surface area contributed by atoms with E-state index in [4.69, 9.17) is 17.3 Å². The van der Waals surface area contributed by atoms with Crippen molar-refractivity contribution in [3.8, 4) is 0 Å². The maximum Gasteiger partial charge on any atom is 0.315 e. The van der Waals surface area contributed by atoms with Gasteiger partial charge in [-0.15, -0.1) is 11.8 Å². The number of imidazole rings is 1. The second-order valence-corrected chi connectivity index (χ2v) is 6.81. The first-order chi connectivity index (χ1) is 11.6. The Kier molecular flexibility index (Phi) is 5.42. The van der Waals surface area contributed by atoms with Gasteiger partial charge in [0.2, 0.25) is 5.28 Å². The van der Waals surface area contributed by atoms with Crippen molar-refractivity contribution in [2.45, 2.75) is 36.4 Å². The van der Waals surface area contributed by atoms with E-state index < -0.39 is 0 Å². The number of hydrogen-bond acceptors (Lipinski definition) is 6. The second-order valence-electron chi connectivity index (χ2n) is 5.68. The Hall–Kier alpha value is -1.58. The Morgan fingerprint density at radius 2 is 2.33 bits per heavy atom. The van der Waals surface area contributed by atoms with Gasteiger partial charge >= 0.3 is 6.03 Å². The quantitative estimate of drug-likeness (QED) is 0.419. The van der Waals surface area contributed by atoms with Crippen molar-refractivity contribution in [3.63, 3.8) is 0 Å². The maximum absolute atomic E-state index is 11.8. The Morgan fingerprint density at radius 3 is 3.08 bits per heavy atom. The van der Waals surface area contributed by atoms with Crippen molar-refractivity contribution in [1.82, 2.24) is 30.2 Å². The molecule has 2 heterocycles. The fourth-order valence-corrected chi connectivity index (χ4v) is 3.77. The molecule has 3 rings (SSSR count). The molecule has 4 N–H and O–H groups in total. The number of nitrogens with one attached hydrogen (secondary N) is 2. The van der Waals surface area contributed by atoms with Gasteiger partial charge in [-0.25, -0.2) is 14.8 Å². The van der Waals surface area contributed by atoms with Crippen molar-refractivity contribution in [2.75, 3.05) is 19.3 Å². The molecule has 2 amide bonds. The lowest BCUT2D eigenvalue weighted by molar-refractivity contribution is 0.237. The van der Waals surface area contributed by atoms with Gasteiger partial charge in [0, 0.05) is 25.2 Å². The van der Waals surface area contributed by atoms with Crippen LogP contribution in [0.25, 0.3) is 11.2 Å². The topological polar surface area (TPSA) is 111 Å². The van der Waals surface area contributed by atoms with Gasteiger partial charge < -0.3 is 20.9 Å². The van der Waals surface area contributed by atoms with E-state index in [1.165, 1.54) is 11.8 Å². The maximum atomic E-state index is 11.8. The van der Waals surface area contributed by atoms with Crippen molar-refractivity contribution >= 4 is 40.6 Å². The third kappa shape index (κ3) is 3.57. The van der Waals surface area contributed by atoms with Crippen LogP contribution in [0.3, 0.4) is 0 Å². The molecule has 2 aromatic heterocycles. The van der Waals surface area contributed by atoms with Gasteiger partial charge in [-0.1, -0.05) is 0 Å². The molecule has 24 heavy (non-hydrogen) atoms. The SMILES string of the molecule is CSc1nc(Cl)nc2c1ncn2[C@@H]1CC[C@H](NC(=O)NCCN)C1. The largest absolute Gasteiger partial charge is 0.337 e. The van der Waals surface area contributed by atoms with Gasteiger partial charge in [0.15, 0.2) is 5.65 Å². The minimum absolute atomic E-state index is 0.127. The van der Waals surface area contributed by atoms with Crippen LogP contribution in [0.2, 0.25) is 5.28 Å². The summed E-state index contributed by atoms with van der Waals surface area (Å²) in [5.41, 5.74) is 6.90.